The standard InChI is InChI=1S/C13H11ClFNO.C2H6/c1-2-9-5-3-4-6-12(9)17-13-11(15)7-10(14)8-16-13;1-2/h3-8H,2H2,1H3;1-2H3. The van der Waals surface area contributed by atoms with Crippen LogP contribution in [0.2, 0.25) is 5.02 Å². The molecule has 102 valence electrons. The summed E-state index contributed by atoms with van der Waals surface area (Å²) in [5, 5.41) is 0.249. The number of para-hydroxylation sites is 1. The van der Waals surface area contributed by atoms with E-state index in [2.05, 4.69) is 4.98 Å². The molecule has 0 aliphatic rings. The van der Waals surface area contributed by atoms with Gasteiger partial charge in [-0.2, -0.15) is 0 Å². The fourth-order valence-corrected chi connectivity index (χ4v) is 1.62. The van der Waals surface area contributed by atoms with E-state index in [4.69, 9.17) is 16.3 Å². The van der Waals surface area contributed by atoms with Crippen molar-refractivity contribution in [1.82, 2.24) is 4.98 Å². The summed E-state index contributed by atoms with van der Waals surface area (Å²) >= 11 is 5.62. The number of aromatic nitrogens is 1. The Balaban J connectivity index is 0.000000861. The van der Waals surface area contributed by atoms with Gasteiger partial charge < -0.3 is 4.74 Å². The van der Waals surface area contributed by atoms with Gasteiger partial charge in [-0.05, 0) is 24.1 Å². The van der Waals surface area contributed by atoms with Gasteiger partial charge in [-0.15, -0.1) is 0 Å². The van der Waals surface area contributed by atoms with Gasteiger partial charge in [0.05, 0.1) is 5.02 Å². The smallest absolute Gasteiger partial charge is 0.255 e. The number of benzene rings is 1. The van der Waals surface area contributed by atoms with Crippen molar-refractivity contribution >= 4 is 11.6 Å². The van der Waals surface area contributed by atoms with Crippen LogP contribution in [0.3, 0.4) is 0 Å². The molecule has 0 bridgehead atoms. The molecule has 0 fully saturated rings. The summed E-state index contributed by atoms with van der Waals surface area (Å²) in [5.41, 5.74) is 1.00. The molecular weight excluding hydrogens is 265 g/mol. The van der Waals surface area contributed by atoms with Gasteiger partial charge in [-0.1, -0.05) is 50.6 Å². The van der Waals surface area contributed by atoms with Gasteiger partial charge in [0.25, 0.3) is 5.88 Å². The number of hydrogen-bond acceptors (Lipinski definition) is 2. The van der Waals surface area contributed by atoms with E-state index in [0.29, 0.717) is 5.75 Å². The highest BCUT2D eigenvalue weighted by Gasteiger charge is 2.09. The van der Waals surface area contributed by atoms with Gasteiger partial charge in [-0.25, -0.2) is 9.37 Å². The molecule has 0 N–H and O–H groups in total. The predicted octanol–water partition coefficient (Wildman–Crippen LogP) is 5.26. The normalized spacial score (nSPS) is 9.53. The molecule has 0 radical (unpaired) electrons. The van der Waals surface area contributed by atoms with E-state index in [0.717, 1.165) is 12.0 Å². The summed E-state index contributed by atoms with van der Waals surface area (Å²) in [5.74, 6) is -0.0116. The number of aryl methyl sites for hydroxylation is 1. The average Bonchev–Trinajstić information content (AvgIpc) is 2.45. The summed E-state index contributed by atoms with van der Waals surface area (Å²) in [6.07, 6.45) is 2.17. The highest BCUT2D eigenvalue weighted by Crippen LogP contribution is 2.27. The fourth-order valence-electron chi connectivity index (χ4n) is 1.48. The van der Waals surface area contributed by atoms with Crippen molar-refractivity contribution in [3.8, 4) is 11.6 Å². The minimum atomic E-state index is -0.566. The van der Waals surface area contributed by atoms with Crippen molar-refractivity contribution in [2.24, 2.45) is 0 Å². The Bertz CT molecular complexity index is 531. The Labute approximate surface area is 118 Å². The molecule has 1 aromatic carbocycles. The maximum absolute atomic E-state index is 13.5. The molecule has 2 rings (SSSR count). The molecule has 1 aromatic heterocycles. The van der Waals surface area contributed by atoms with E-state index in [1.165, 1.54) is 12.3 Å². The van der Waals surface area contributed by atoms with Crippen LogP contribution in [0.4, 0.5) is 4.39 Å². The molecule has 2 nitrogen and oxygen atoms in total. The van der Waals surface area contributed by atoms with Gasteiger partial charge in [0.2, 0.25) is 0 Å². The Morgan fingerprint density at radius 2 is 1.95 bits per heavy atom. The zero-order chi connectivity index (χ0) is 14.3. The second-order valence-electron chi connectivity index (χ2n) is 3.50. The van der Waals surface area contributed by atoms with Crippen LogP contribution in [0, 0.1) is 5.82 Å². The molecule has 0 saturated carbocycles. The lowest BCUT2D eigenvalue weighted by atomic mass is 10.1. The maximum atomic E-state index is 13.5. The first-order chi connectivity index (χ1) is 9.20. The SMILES string of the molecule is CC.CCc1ccccc1Oc1ncc(Cl)cc1F. The van der Waals surface area contributed by atoms with Crippen LogP contribution in [-0.4, -0.2) is 4.98 Å². The number of ether oxygens (including phenoxy) is 1. The zero-order valence-corrected chi connectivity index (χ0v) is 12.0. The van der Waals surface area contributed by atoms with Crippen LogP contribution in [0.5, 0.6) is 11.6 Å². The van der Waals surface area contributed by atoms with Crippen molar-refractivity contribution in [3.05, 3.63) is 52.9 Å². The van der Waals surface area contributed by atoms with E-state index in [1.54, 1.807) is 6.07 Å². The Morgan fingerprint density at radius 3 is 2.58 bits per heavy atom. The molecule has 1 heterocycles. The molecule has 0 spiro atoms. The third-order valence-corrected chi connectivity index (χ3v) is 2.54. The molecule has 0 aliphatic heterocycles. The van der Waals surface area contributed by atoms with E-state index < -0.39 is 5.82 Å². The van der Waals surface area contributed by atoms with Gasteiger partial charge >= 0.3 is 0 Å². The first kappa shape index (κ1) is 15.4. The largest absolute Gasteiger partial charge is 0.436 e. The first-order valence-electron chi connectivity index (χ1n) is 6.27. The Kier molecular flexibility index (Phi) is 6.30. The van der Waals surface area contributed by atoms with Crippen molar-refractivity contribution in [2.45, 2.75) is 27.2 Å². The van der Waals surface area contributed by atoms with E-state index in [1.807, 2.05) is 39.0 Å². The van der Waals surface area contributed by atoms with Crippen molar-refractivity contribution in [3.63, 3.8) is 0 Å². The average molecular weight is 282 g/mol. The summed E-state index contributed by atoms with van der Waals surface area (Å²) < 4.78 is 18.9. The van der Waals surface area contributed by atoms with Gasteiger partial charge in [-0.3, -0.25) is 0 Å². The minimum Gasteiger partial charge on any atom is -0.436 e. The summed E-state index contributed by atoms with van der Waals surface area (Å²) in [6.45, 7) is 6.01. The van der Waals surface area contributed by atoms with E-state index in [9.17, 15) is 4.39 Å². The molecule has 4 heteroatoms. The van der Waals surface area contributed by atoms with Crippen molar-refractivity contribution in [2.75, 3.05) is 0 Å². The second kappa shape index (κ2) is 7.74. The lowest BCUT2D eigenvalue weighted by molar-refractivity contribution is 0.419. The summed E-state index contributed by atoms with van der Waals surface area (Å²) in [6, 6.07) is 8.65. The number of pyridine rings is 1. The molecule has 0 unspecified atom stereocenters. The lowest BCUT2D eigenvalue weighted by Gasteiger charge is -2.09. The molecule has 0 saturated heterocycles. The van der Waals surface area contributed by atoms with Crippen LogP contribution < -0.4 is 4.74 Å². The van der Waals surface area contributed by atoms with Crippen LogP contribution in [0.1, 0.15) is 26.3 Å². The summed E-state index contributed by atoms with van der Waals surface area (Å²) in [4.78, 5) is 3.82. The predicted molar refractivity (Wildman–Crippen MR) is 76.4 cm³/mol. The van der Waals surface area contributed by atoms with E-state index in [-0.39, 0.29) is 10.9 Å². The van der Waals surface area contributed by atoms with Gasteiger partial charge in [0, 0.05) is 6.20 Å². The van der Waals surface area contributed by atoms with E-state index >= 15 is 0 Å². The zero-order valence-electron chi connectivity index (χ0n) is 11.3. The molecule has 19 heavy (non-hydrogen) atoms. The number of rotatable bonds is 3. The number of hydrogen-bond donors (Lipinski definition) is 0. The topological polar surface area (TPSA) is 22.1 Å². The first-order valence-corrected chi connectivity index (χ1v) is 6.65. The fraction of sp³-hybridized carbons (Fsp3) is 0.267. The number of nitrogens with zero attached hydrogens (tertiary/aromatic N) is 1. The molecule has 2 aromatic rings. The minimum absolute atomic E-state index is 0.0599. The highest BCUT2D eigenvalue weighted by atomic mass is 35.5. The summed E-state index contributed by atoms with van der Waals surface area (Å²) in [7, 11) is 0. The molecular formula is C15H17ClFNO. The molecule has 0 atom stereocenters. The maximum Gasteiger partial charge on any atom is 0.255 e. The van der Waals surface area contributed by atoms with Crippen molar-refractivity contribution in [1.29, 1.82) is 0 Å². The van der Waals surface area contributed by atoms with Crippen molar-refractivity contribution < 1.29 is 9.13 Å². The second-order valence-corrected chi connectivity index (χ2v) is 3.94. The third-order valence-electron chi connectivity index (χ3n) is 2.33. The van der Waals surface area contributed by atoms with Gasteiger partial charge in [0.1, 0.15) is 5.75 Å². The van der Waals surface area contributed by atoms with Crippen LogP contribution in [0.15, 0.2) is 36.5 Å². The molecule has 0 aliphatic carbocycles. The Morgan fingerprint density at radius 1 is 1.26 bits per heavy atom. The quantitative estimate of drug-likeness (QED) is 0.766. The van der Waals surface area contributed by atoms with Crippen LogP contribution >= 0.6 is 11.6 Å². The van der Waals surface area contributed by atoms with Gasteiger partial charge in [0.15, 0.2) is 5.82 Å². The molecule has 0 amide bonds. The monoisotopic (exact) mass is 281 g/mol. The highest BCUT2D eigenvalue weighted by molar-refractivity contribution is 6.30. The van der Waals surface area contributed by atoms with Crippen LogP contribution in [-0.2, 0) is 6.42 Å². The number of halogens is 2. The lowest BCUT2D eigenvalue weighted by Crippen LogP contribution is -1.94. The Hall–Kier alpha value is -1.61. The third kappa shape index (κ3) is 4.21. The van der Waals surface area contributed by atoms with Crippen LogP contribution in [0.25, 0.3) is 0 Å².